The number of carbonyl (C=O) groups is 3. The quantitative estimate of drug-likeness (QED) is 0.0583. The van der Waals surface area contributed by atoms with E-state index < -0.39 is 24.1 Å². The van der Waals surface area contributed by atoms with Crippen LogP contribution in [0.1, 0.15) is 115 Å². The minimum Gasteiger partial charge on any atom is -0.478 e. The number of hydrogen-bond acceptors (Lipinski definition) is 5. The van der Waals surface area contributed by atoms with E-state index in [0.717, 1.165) is 44.9 Å². The molecule has 1 aromatic rings. The lowest BCUT2D eigenvalue weighted by Crippen LogP contribution is -2.48. The number of amides is 1. The van der Waals surface area contributed by atoms with Crippen molar-refractivity contribution in [3.8, 4) is 5.75 Å². The number of carbonyl (C=O) groups excluding carboxylic acids is 2. The Bertz CT molecular complexity index is 997. The first-order valence-corrected chi connectivity index (χ1v) is 15.7. The van der Waals surface area contributed by atoms with Gasteiger partial charge in [0, 0.05) is 6.61 Å². The van der Waals surface area contributed by atoms with E-state index in [1.54, 1.807) is 12.1 Å². The van der Waals surface area contributed by atoms with Crippen LogP contribution in [-0.4, -0.2) is 41.7 Å². The third-order valence-electron chi connectivity index (χ3n) is 6.66. The summed E-state index contributed by atoms with van der Waals surface area (Å²) in [5, 5.41) is 12.1. The number of allylic oxidation sites excluding steroid dienone is 6. The van der Waals surface area contributed by atoms with E-state index in [2.05, 4.69) is 48.7 Å². The molecule has 0 heterocycles. The minimum atomic E-state index is -1.19. The van der Waals surface area contributed by atoms with Gasteiger partial charge in [-0.25, -0.2) is 9.59 Å². The zero-order valence-electron chi connectivity index (χ0n) is 26.2. The monoisotopic (exact) mass is 583 g/mol. The van der Waals surface area contributed by atoms with Crippen LogP contribution in [0.3, 0.4) is 0 Å². The summed E-state index contributed by atoms with van der Waals surface area (Å²) in [5.74, 6) is -2.18. The molecule has 2 unspecified atom stereocenters. The van der Waals surface area contributed by atoms with Gasteiger partial charge in [0.05, 0.1) is 0 Å². The molecule has 0 fully saturated rings. The fourth-order valence-corrected chi connectivity index (χ4v) is 4.36. The third-order valence-corrected chi connectivity index (χ3v) is 6.66. The summed E-state index contributed by atoms with van der Waals surface area (Å²) in [6.45, 7) is 8.39. The van der Waals surface area contributed by atoms with Crippen LogP contribution in [-0.2, 0) is 14.3 Å². The largest absolute Gasteiger partial charge is 0.478 e. The van der Waals surface area contributed by atoms with Crippen molar-refractivity contribution < 1.29 is 29.0 Å². The molecular formula is C35H53NO6. The highest BCUT2D eigenvalue weighted by molar-refractivity contribution is 5.93. The highest BCUT2D eigenvalue weighted by atomic mass is 16.5. The number of carboxylic acids is 1. The Balaban J connectivity index is 2.33. The van der Waals surface area contributed by atoms with Gasteiger partial charge in [0.15, 0.2) is 0 Å². The van der Waals surface area contributed by atoms with Crippen LogP contribution in [0.5, 0.6) is 5.75 Å². The first-order valence-electron chi connectivity index (χ1n) is 15.7. The summed E-state index contributed by atoms with van der Waals surface area (Å²) >= 11 is 0. The Labute approximate surface area is 253 Å². The molecule has 42 heavy (non-hydrogen) atoms. The van der Waals surface area contributed by atoms with E-state index in [4.69, 9.17) is 9.47 Å². The maximum absolute atomic E-state index is 13.0. The lowest BCUT2D eigenvalue weighted by Gasteiger charge is -2.23. The molecule has 1 rings (SSSR count). The topological polar surface area (TPSA) is 102 Å². The molecule has 0 saturated heterocycles. The minimum absolute atomic E-state index is 0.0447. The van der Waals surface area contributed by atoms with Crippen molar-refractivity contribution in [3.05, 3.63) is 66.3 Å². The molecule has 0 radical (unpaired) electrons. The van der Waals surface area contributed by atoms with E-state index in [-0.39, 0.29) is 23.1 Å². The number of unbranched alkanes of at least 4 members (excludes halogenated alkanes) is 6. The Morgan fingerprint density at radius 3 is 2.12 bits per heavy atom. The maximum Gasteiger partial charge on any atom is 0.339 e. The zero-order valence-corrected chi connectivity index (χ0v) is 26.2. The van der Waals surface area contributed by atoms with Crippen LogP contribution in [0.25, 0.3) is 0 Å². The second-order valence-corrected chi connectivity index (χ2v) is 10.9. The van der Waals surface area contributed by atoms with Crippen LogP contribution in [0, 0.1) is 5.92 Å². The van der Waals surface area contributed by atoms with Gasteiger partial charge >= 0.3 is 11.9 Å². The molecule has 0 aliphatic rings. The zero-order chi connectivity index (χ0) is 31.0. The summed E-state index contributed by atoms with van der Waals surface area (Å²) in [7, 11) is 0. The molecule has 0 saturated carbocycles. The van der Waals surface area contributed by atoms with Gasteiger partial charge in [-0.15, -0.1) is 0 Å². The summed E-state index contributed by atoms with van der Waals surface area (Å²) in [4.78, 5) is 37.3. The second kappa shape index (κ2) is 23.4. The molecule has 7 nitrogen and oxygen atoms in total. The van der Waals surface area contributed by atoms with Crippen LogP contribution in [0.2, 0.25) is 0 Å². The van der Waals surface area contributed by atoms with Crippen LogP contribution in [0.4, 0.5) is 0 Å². The molecule has 2 N–H and O–H groups in total. The van der Waals surface area contributed by atoms with E-state index in [0.29, 0.717) is 19.4 Å². The molecule has 0 aliphatic carbocycles. The van der Waals surface area contributed by atoms with E-state index in [9.17, 15) is 19.5 Å². The Morgan fingerprint density at radius 1 is 0.857 bits per heavy atom. The van der Waals surface area contributed by atoms with Crippen molar-refractivity contribution in [2.24, 2.45) is 5.92 Å². The Morgan fingerprint density at radius 2 is 1.48 bits per heavy atom. The van der Waals surface area contributed by atoms with Gasteiger partial charge in [-0.1, -0.05) is 102 Å². The van der Waals surface area contributed by atoms with Crippen molar-refractivity contribution in [3.63, 3.8) is 0 Å². The average molecular weight is 584 g/mol. The van der Waals surface area contributed by atoms with Crippen LogP contribution >= 0.6 is 0 Å². The molecule has 234 valence electrons. The number of ether oxygens (including phenoxy) is 2. The number of hydrogen-bond donors (Lipinski definition) is 2. The van der Waals surface area contributed by atoms with E-state index in [1.165, 1.54) is 31.4 Å². The van der Waals surface area contributed by atoms with Crippen molar-refractivity contribution in [2.45, 2.75) is 117 Å². The molecule has 0 bridgehead atoms. The average Bonchev–Trinajstić information content (AvgIpc) is 2.96. The molecule has 1 amide bonds. The number of rotatable bonds is 23. The van der Waals surface area contributed by atoms with Crippen molar-refractivity contribution in [1.82, 2.24) is 5.32 Å². The van der Waals surface area contributed by atoms with Crippen molar-refractivity contribution in [2.75, 3.05) is 6.61 Å². The van der Waals surface area contributed by atoms with Gasteiger partial charge in [-0.05, 0) is 69.4 Å². The number of aromatic carboxylic acids is 1. The third kappa shape index (κ3) is 16.9. The highest BCUT2D eigenvalue weighted by Gasteiger charge is 2.28. The second-order valence-electron chi connectivity index (χ2n) is 10.9. The summed E-state index contributed by atoms with van der Waals surface area (Å²) in [5.41, 5.74) is -0.110. The van der Waals surface area contributed by atoms with E-state index >= 15 is 0 Å². The first kappa shape index (κ1) is 36.8. The Hall–Kier alpha value is -3.19. The fourth-order valence-electron chi connectivity index (χ4n) is 4.36. The SMILES string of the molecule is CCC=CCC=CCC=CCCCCCCCCOC(CC)C(=O)NC(CC(C)C)C(=O)Oc1ccccc1C(=O)O. The Kier molecular flexibility index (Phi) is 20.5. The number of carboxylic acid groups (broad SMARTS) is 1. The number of esters is 1. The van der Waals surface area contributed by atoms with Crippen LogP contribution < -0.4 is 10.1 Å². The predicted octanol–water partition coefficient (Wildman–Crippen LogP) is 8.21. The van der Waals surface area contributed by atoms with Crippen LogP contribution in [0.15, 0.2) is 60.7 Å². The van der Waals surface area contributed by atoms with E-state index in [1.807, 2.05) is 20.8 Å². The summed E-state index contributed by atoms with van der Waals surface area (Å²) in [6.07, 6.45) is 24.4. The normalized spacial score (nSPS) is 13.3. The van der Waals surface area contributed by atoms with Gasteiger partial charge in [0.2, 0.25) is 5.91 Å². The molecule has 2 atom stereocenters. The highest BCUT2D eigenvalue weighted by Crippen LogP contribution is 2.19. The summed E-state index contributed by atoms with van der Waals surface area (Å²) < 4.78 is 11.3. The fraction of sp³-hybridized carbons (Fsp3) is 0.571. The number of para-hydroxylation sites is 1. The lowest BCUT2D eigenvalue weighted by atomic mass is 10.0. The smallest absolute Gasteiger partial charge is 0.339 e. The molecule has 1 aromatic carbocycles. The van der Waals surface area contributed by atoms with Crippen molar-refractivity contribution >= 4 is 17.8 Å². The first-order chi connectivity index (χ1) is 20.3. The van der Waals surface area contributed by atoms with Gasteiger partial charge in [0.25, 0.3) is 0 Å². The number of benzene rings is 1. The van der Waals surface area contributed by atoms with Gasteiger partial charge in [-0.2, -0.15) is 0 Å². The molecule has 0 spiro atoms. The molecular weight excluding hydrogens is 530 g/mol. The van der Waals surface area contributed by atoms with Gasteiger partial charge in [-0.3, -0.25) is 4.79 Å². The summed E-state index contributed by atoms with van der Waals surface area (Å²) in [6, 6.07) is 5.05. The number of nitrogens with one attached hydrogen (secondary N) is 1. The lowest BCUT2D eigenvalue weighted by molar-refractivity contribution is -0.143. The van der Waals surface area contributed by atoms with Crippen molar-refractivity contribution in [1.29, 1.82) is 0 Å². The van der Waals surface area contributed by atoms with Gasteiger partial charge in [0.1, 0.15) is 23.5 Å². The standard InChI is InChI=1S/C35H53NO6/c1-5-7-8-9-10-11-12-13-14-15-16-17-18-19-20-23-26-41-31(6-2)33(37)36-30(27-28(3)4)35(40)42-32-25-22-21-24-29(32)34(38)39/h7-8,10-11,13-14,21-22,24-25,28,30-31H,5-6,9,12,15-20,23,26-27H2,1-4H3,(H,36,37)(H,38,39). The molecule has 0 aromatic heterocycles. The molecule has 7 heteroatoms. The molecule has 0 aliphatic heterocycles. The predicted molar refractivity (Wildman–Crippen MR) is 170 cm³/mol. The van der Waals surface area contributed by atoms with Gasteiger partial charge < -0.3 is 19.9 Å². The maximum atomic E-state index is 13.0.